The number of amides is 1. The first kappa shape index (κ1) is 15.4. The lowest BCUT2D eigenvalue weighted by atomic mass is 10.4. The fourth-order valence-electron chi connectivity index (χ4n) is 1.47. The highest BCUT2D eigenvalue weighted by Gasteiger charge is 2.16. The molecule has 0 aliphatic rings. The Labute approximate surface area is 119 Å². The fourth-order valence-corrected chi connectivity index (χ4v) is 1.85. The Kier molecular flexibility index (Phi) is 5.75. The van der Waals surface area contributed by atoms with Crippen molar-refractivity contribution in [2.24, 2.45) is 0 Å². The number of nitrogens with zero attached hydrogens (tertiary/aromatic N) is 2. The second-order valence-electron chi connectivity index (χ2n) is 3.80. The van der Waals surface area contributed by atoms with Crippen LogP contribution in [0.5, 0.6) is 0 Å². The highest BCUT2D eigenvalue weighted by molar-refractivity contribution is 9.10. The van der Waals surface area contributed by atoms with Crippen molar-refractivity contribution in [2.75, 3.05) is 20.2 Å². The number of aromatic nitrogens is 1. The normalized spacial score (nSPS) is 10.1. The number of halogens is 1. The Hall–Kier alpha value is -1.63. The summed E-state index contributed by atoms with van der Waals surface area (Å²) in [7, 11) is 1.26. The number of rotatable bonds is 5. The van der Waals surface area contributed by atoms with E-state index in [-0.39, 0.29) is 24.6 Å². The van der Waals surface area contributed by atoms with E-state index in [1.54, 1.807) is 13.0 Å². The van der Waals surface area contributed by atoms with Crippen molar-refractivity contribution < 1.29 is 14.3 Å². The predicted octanol–water partition coefficient (Wildman–Crippen LogP) is 0.632. The summed E-state index contributed by atoms with van der Waals surface area (Å²) in [5.41, 5.74) is -0.273. The average Bonchev–Trinajstić information content (AvgIpc) is 2.39. The third-order valence-electron chi connectivity index (χ3n) is 2.54. The smallest absolute Gasteiger partial charge is 0.325 e. The summed E-state index contributed by atoms with van der Waals surface area (Å²) in [6.45, 7) is 1.90. The molecule has 0 bridgehead atoms. The summed E-state index contributed by atoms with van der Waals surface area (Å²) in [4.78, 5) is 36.1. The van der Waals surface area contributed by atoms with E-state index in [4.69, 9.17) is 0 Å². The third kappa shape index (κ3) is 4.51. The van der Waals surface area contributed by atoms with Crippen LogP contribution in [-0.4, -0.2) is 41.5 Å². The molecule has 0 N–H and O–H groups in total. The molecule has 1 rings (SSSR count). The number of pyridine rings is 1. The molecule has 1 aromatic heterocycles. The maximum Gasteiger partial charge on any atom is 0.325 e. The summed E-state index contributed by atoms with van der Waals surface area (Å²) in [5.74, 6) is -0.801. The Morgan fingerprint density at radius 1 is 1.42 bits per heavy atom. The van der Waals surface area contributed by atoms with Gasteiger partial charge in [-0.2, -0.15) is 0 Å². The van der Waals surface area contributed by atoms with Crippen molar-refractivity contribution in [3.8, 4) is 0 Å². The number of ether oxygens (including phenoxy) is 1. The van der Waals surface area contributed by atoms with Gasteiger partial charge in [0.25, 0.3) is 5.56 Å². The van der Waals surface area contributed by atoms with Crippen molar-refractivity contribution in [3.63, 3.8) is 0 Å². The van der Waals surface area contributed by atoms with Gasteiger partial charge in [-0.25, -0.2) is 0 Å². The molecule has 0 atom stereocenters. The molecule has 7 heteroatoms. The van der Waals surface area contributed by atoms with E-state index in [1.807, 2.05) is 0 Å². The highest BCUT2D eigenvalue weighted by atomic mass is 79.9. The summed E-state index contributed by atoms with van der Waals surface area (Å²) < 4.78 is 6.51. The SMILES string of the molecule is CCN(CC(=O)OC)C(=O)Cn1cc(Br)ccc1=O. The van der Waals surface area contributed by atoms with E-state index in [0.717, 1.165) is 0 Å². The maximum absolute atomic E-state index is 12.0. The van der Waals surface area contributed by atoms with Crippen molar-refractivity contribution in [1.29, 1.82) is 0 Å². The molecule has 0 aliphatic carbocycles. The van der Waals surface area contributed by atoms with Crippen molar-refractivity contribution in [1.82, 2.24) is 9.47 Å². The number of likely N-dealkylation sites (N-methyl/N-ethyl adjacent to an activating group) is 1. The summed E-state index contributed by atoms with van der Waals surface area (Å²) >= 11 is 3.23. The van der Waals surface area contributed by atoms with Gasteiger partial charge in [-0.3, -0.25) is 14.4 Å². The first-order valence-electron chi connectivity index (χ1n) is 5.68. The minimum absolute atomic E-state index is 0.108. The molecule has 1 heterocycles. The summed E-state index contributed by atoms with van der Waals surface area (Å²) in [6, 6.07) is 2.98. The molecular weight excluding hydrogens is 316 g/mol. The first-order chi connectivity index (χ1) is 8.97. The van der Waals surface area contributed by atoms with E-state index < -0.39 is 5.97 Å². The molecule has 1 amide bonds. The number of carbonyl (C=O) groups is 2. The van der Waals surface area contributed by atoms with Gasteiger partial charge in [0.15, 0.2) is 0 Å². The minimum Gasteiger partial charge on any atom is -0.468 e. The van der Waals surface area contributed by atoms with Crippen LogP contribution in [0.2, 0.25) is 0 Å². The lowest BCUT2D eigenvalue weighted by molar-refractivity contribution is -0.147. The molecular formula is C12H15BrN2O4. The van der Waals surface area contributed by atoms with Gasteiger partial charge in [0, 0.05) is 23.3 Å². The zero-order chi connectivity index (χ0) is 14.4. The van der Waals surface area contributed by atoms with Crippen LogP contribution in [-0.2, 0) is 20.9 Å². The molecule has 0 aliphatic heterocycles. The molecule has 0 saturated heterocycles. The van der Waals surface area contributed by atoms with E-state index in [1.165, 1.54) is 28.8 Å². The molecule has 19 heavy (non-hydrogen) atoms. The van der Waals surface area contributed by atoms with Gasteiger partial charge >= 0.3 is 5.97 Å². The van der Waals surface area contributed by atoms with E-state index in [9.17, 15) is 14.4 Å². The predicted molar refractivity (Wildman–Crippen MR) is 72.7 cm³/mol. The zero-order valence-electron chi connectivity index (χ0n) is 10.8. The standard InChI is InChI=1S/C12H15BrN2O4/c1-3-14(8-12(18)19-2)11(17)7-15-6-9(13)4-5-10(15)16/h4-6H,3,7-8H2,1-2H3. The summed E-state index contributed by atoms with van der Waals surface area (Å²) in [5, 5.41) is 0. The van der Waals surface area contributed by atoms with Gasteiger partial charge in [0.05, 0.1) is 7.11 Å². The van der Waals surface area contributed by atoms with Crippen molar-refractivity contribution in [3.05, 3.63) is 33.2 Å². The lowest BCUT2D eigenvalue weighted by Crippen LogP contribution is -2.39. The molecule has 0 radical (unpaired) electrons. The second kappa shape index (κ2) is 7.08. The molecule has 0 aromatic carbocycles. The fraction of sp³-hybridized carbons (Fsp3) is 0.417. The second-order valence-corrected chi connectivity index (χ2v) is 4.71. The molecule has 0 saturated carbocycles. The molecule has 6 nitrogen and oxygen atoms in total. The topological polar surface area (TPSA) is 68.6 Å². The van der Waals surface area contributed by atoms with E-state index >= 15 is 0 Å². The molecule has 0 unspecified atom stereocenters. The Morgan fingerprint density at radius 3 is 2.68 bits per heavy atom. The van der Waals surface area contributed by atoms with Gasteiger partial charge in [-0.05, 0) is 28.9 Å². The lowest BCUT2D eigenvalue weighted by Gasteiger charge is -2.19. The minimum atomic E-state index is -0.489. The van der Waals surface area contributed by atoms with Crippen LogP contribution >= 0.6 is 15.9 Å². The van der Waals surface area contributed by atoms with Crippen molar-refractivity contribution in [2.45, 2.75) is 13.5 Å². The van der Waals surface area contributed by atoms with Crippen LogP contribution in [0.15, 0.2) is 27.6 Å². The number of hydrogen-bond donors (Lipinski definition) is 0. The van der Waals surface area contributed by atoms with Crippen LogP contribution in [0.25, 0.3) is 0 Å². The number of carbonyl (C=O) groups excluding carboxylic acids is 2. The Morgan fingerprint density at radius 2 is 2.11 bits per heavy atom. The van der Waals surface area contributed by atoms with Crippen molar-refractivity contribution >= 4 is 27.8 Å². The summed E-state index contributed by atoms with van der Waals surface area (Å²) in [6.07, 6.45) is 1.53. The van der Waals surface area contributed by atoms with Crippen LogP contribution in [0, 0.1) is 0 Å². The van der Waals surface area contributed by atoms with Gasteiger partial charge in [-0.1, -0.05) is 0 Å². The van der Waals surface area contributed by atoms with Gasteiger partial charge in [0.2, 0.25) is 5.91 Å². The zero-order valence-corrected chi connectivity index (χ0v) is 12.3. The average molecular weight is 331 g/mol. The largest absolute Gasteiger partial charge is 0.468 e. The molecule has 1 aromatic rings. The molecule has 0 spiro atoms. The Bertz CT molecular complexity index is 527. The molecule has 0 fully saturated rings. The Balaban J connectivity index is 2.79. The van der Waals surface area contributed by atoms with E-state index in [0.29, 0.717) is 11.0 Å². The van der Waals surface area contributed by atoms with Crippen LogP contribution in [0.3, 0.4) is 0 Å². The quantitative estimate of drug-likeness (QED) is 0.743. The van der Waals surface area contributed by atoms with Gasteiger partial charge < -0.3 is 14.2 Å². The maximum atomic E-state index is 12.0. The van der Waals surface area contributed by atoms with Gasteiger partial charge in [0.1, 0.15) is 13.1 Å². The number of methoxy groups -OCH3 is 1. The van der Waals surface area contributed by atoms with Crippen LogP contribution < -0.4 is 5.56 Å². The number of hydrogen-bond acceptors (Lipinski definition) is 4. The first-order valence-corrected chi connectivity index (χ1v) is 6.47. The van der Waals surface area contributed by atoms with Crippen LogP contribution in [0.1, 0.15) is 6.92 Å². The van der Waals surface area contributed by atoms with Crippen LogP contribution in [0.4, 0.5) is 0 Å². The monoisotopic (exact) mass is 330 g/mol. The molecule has 104 valence electrons. The third-order valence-corrected chi connectivity index (χ3v) is 3.00. The van der Waals surface area contributed by atoms with E-state index in [2.05, 4.69) is 20.7 Å². The van der Waals surface area contributed by atoms with Gasteiger partial charge in [-0.15, -0.1) is 0 Å². The number of esters is 1. The highest BCUT2D eigenvalue weighted by Crippen LogP contribution is 2.05.